The monoisotopic (exact) mass is 441 g/mol. The maximum atomic E-state index is 11.4. The lowest BCUT2D eigenvalue weighted by atomic mass is 10.2. The molecule has 0 saturated carbocycles. The zero-order valence-electron chi connectivity index (χ0n) is 13.4. The molecular formula is C15H16BrN5O2S2. The van der Waals surface area contributed by atoms with E-state index in [1.807, 2.05) is 12.3 Å². The van der Waals surface area contributed by atoms with E-state index >= 15 is 0 Å². The highest BCUT2D eigenvalue weighted by Gasteiger charge is 2.14. The summed E-state index contributed by atoms with van der Waals surface area (Å²) in [4.78, 5) is 21.1. The highest BCUT2D eigenvalue weighted by atomic mass is 79.9. The van der Waals surface area contributed by atoms with Gasteiger partial charge in [0, 0.05) is 10.9 Å². The van der Waals surface area contributed by atoms with Crippen LogP contribution in [0.25, 0.3) is 10.6 Å². The number of primary amides is 1. The fraction of sp³-hybridized carbons (Fsp3) is 0.133. The average molecular weight is 442 g/mol. The molecule has 0 atom stereocenters. The van der Waals surface area contributed by atoms with Gasteiger partial charge in [-0.2, -0.15) is 0 Å². The number of benzene rings is 1. The number of aromatic nitrogens is 2. The molecule has 132 valence electrons. The predicted molar refractivity (Wildman–Crippen MR) is 107 cm³/mol. The van der Waals surface area contributed by atoms with Gasteiger partial charge in [-0.3, -0.25) is 4.79 Å². The van der Waals surface area contributed by atoms with Crippen molar-refractivity contribution in [1.29, 1.82) is 0 Å². The minimum atomic E-state index is -0.503. The number of anilines is 3. The van der Waals surface area contributed by atoms with E-state index in [0.717, 1.165) is 16.3 Å². The maximum absolute atomic E-state index is 11.4. The Labute approximate surface area is 162 Å². The third-order valence-corrected chi connectivity index (χ3v) is 5.04. The maximum Gasteiger partial charge on any atom is 0.248 e. The van der Waals surface area contributed by atoms with Gasteiger partial charge in [0.05, 0.1) is 29.1 Å². The van der Waals surface area contributed by atoms with E-state index in [1.165, 1.54) is 22.7 Å². The van der Waals surface area contributed by atoms with Crippen LogP contribution in [0.2, 0.25) is 0 Å². The number of aryl methyl sites for hydroxylation is 1. The standard InChI is InChI=1S/C15H15N5O2S2.BrH/c1-7-12(24-14(17)18-7)10-6-23-15(20-10)19-9-5-8(13(16)21)3-4-11(9)22-2;/h3-6H,1-2H3,(H2,16,21)(H2,17,18)(H,19,20);1H. The number of hydrogen-bond donors (Lipinski definition) is 3. The van der Waals surface area contributed by atoms with Gasteiger partial charge in [0.25, 0.3) is 0 Å². The molecule has 25 heavy (non-hydrogen) atoms. The lowest BCUT2D eigenvalue weighted by Gasteiger charge is -2.10. The van der Waals surface area contributed by atoms with Gasteiger partial charge >= 0.3 is 0 Å². The summed E-state index contributed by atoms with van der Waals surface area (Å²) in [6, 6.07) is 4.94. The number of ether oxygens (including phenoxy) is 1. The smallest absolute Gasteiger partial charge is 0.248 e. The van der Waals surface area contributed by atoms with Gasteiger partial charge in [-0.25, -0.2) is 9.97 Å². The Morgan fingerprint density at radius 2 is 2.08 bits per heavy atom. The van der Waals surface area contributed by atoms with E-state index in [1.54, 1.807) is 25.3 Å². The second kappa shape index (κ2) is 7.81. The first kappa shape index (κ1) is 19.2. The van der Waals surface area contributed by atoms with Crippen LogP contribution in [-0.4, -0.2) is 23.0 Å². The number of halogens is 1. The first-order chi connectivity index (χ1) is 11.5. The van der Waals surface area contributed by atoms with Crippen molar-refractivity contribution >= 4 is 61.5 Å². The van der Waals surface area contributed by atoms with Crippen molar-refractivity contribution in [3.8, 4) is 16.3 Å². The van der Waals surface area contributed by atoms with Crippen molar-refractivity contribution in [2.45, 2.75) is 6.92 Å². The van der Waals surface area contributed by atoms with Crippen LogP contribution in [0.1, 0.15) is 16.1 Å². The zero-order valence-corrected chi connectivity index (χ0v) is 16.7. The van der Waals surface area contributed by atoms with Crippen LogP contribution in [0.3, 0.4) is 0 Å². The molecule has 10 heteroatoms. The Morgan fingerprint density at radius 1 is 1.32 bits per heavy atom. The van der Waals surface area contributed by atoms with Crippen LogP contribution >= 0.6 is 39.7 Å². The van der Waals surface area contributed by atoms with Crippen molar-refractivity contribution in [1.82, 2.24) is 9.97 Å². The van der Waals surface area contributed by atoms with E-state index in [2.05, 4.69) is 15.3 Å². The van der Waals surface area contributed by atoms with Gasteiger partial charge in [0.1, 0.15) is 5.75 Å². The van der Waals surface area contributed by atoms with Crippen LogP contribution in [0.4, 0.5) is 16.0 Å². The Hall–Kier alpha value is -2.17. The summed E-state index contributed by atoms with van der Waals surface area (Å²) in [7, 11) is 1.56. The molecule has 0 fully saturated rings. The van der Waals surface area contributed by atoms with Gasteiger partial charge in [0.2, 0.25) is 5.91 Å². The summed E-state index contributed by atoms with van der Waals surface area (Å²) >= 11 is 2.83. The van der Waals surface area contributed by atoms with Crippen LogP contribution in [-0.2, 0) is 0 Å². The normalized spacial score (nSPS) is 10.2. The van der Waals surface area contributed by atoms with Crippen LogP contribution in [0.15, 0.2) is 23.6 Å². The molecule has 1 aromatic carbocycles. The third kappa shape index (κ3) is 4.09. The average Bonchev–Trinajstić information content (AvgIpc) is 3.13. The first-order valence-corrected chi connectivity index (χ1v) is 8.61. The Bertz CT molecular complexity index is 909. The molecule has 2 heterocycles. The number of hydrogen-bond acceptors (Lipinski definition) is 8. The predicted octanol–water partition coefficient (Wildman–Crippen LogP) is 3.59. The van der Waals surface area contributed by atoms with Crippen LogP contribution in [0, 0.1) is 6.92 Å². The van der Waals surface area contributed by atoms with Crippen LogP contribution < -0.4 is 21.5 Å². The summed E-state index contributed by atoms with van der Waals surface area (Å²) in [6.45, 7) is 1.90. The number of rotatable bonds is 5. The van der Waals surface area contributed by atoms with E-state index < -0.39 is 5.91 Å². The van der Waals surface area contributed by atoms with Gasteiger partial charge in [0.15, 0.2) is 10.3 Å². The summed E-state index contributed by atoms with van der Waals surface area (Å²) < 4.78 is 5.30. The lowest BCUT2D eigenvalue weighted by Crippen LogP contribution is -2.11. The van der Waals surface area contributed by atoms with E-state index in [9.17, 15) is 4.79 Å². The number of amides is 1. The molecule has 5 N–H and O–H groups in total. The zero-order chi connectivity index (χ0) is 17.3. The molecule has 3 rings (SSSR count). The quantitative estimate of drug-likeness (QED) is 0.556. The molecule has 1 amide bonds. The second-order valence-corrected chi connectivity index (χ2v) is 6.80. The van der Waals surface area contributed by atoms with E-state index in [-0.39, 0.29) is 17.0 Å². The summed E-state index contributed by atoms with van der Waals surface area (Å²) in [5.41, 5.74) is 13.7. The molecule has 3 aromatic rings. The summed E-state index contributed by atoms with van der Waals surface area (Å²) in [5.74, 6) is 0.0891. The highest BCUT2D eigenvalue weighted by molar-refractivity contribution is 8.93. The highest BCUT2D eigenvalue weighted by Crippen LogP contribution is 2.35. The SMILES string of the molecule is Br.COc1ccc(C(N)=O)cc1Nc1nc(-c2sc(N)nc2C)cs1. The first-order valence-electron chi connectivity index (χ1n) is 6.91. The van der Waals surface area contributed by atoms with Crippen molar-refractivity contribution in [2.24, 2.45) is 5.73 Å². The molecular weight excluding hydrogens is 426 g/mol. The number of nitrogens with zero attached hydrogens (tertiary/aromatic N) is 2. The number of carbonyl (C=O) groups is 1. The van der Waals surface area contributed by atoms with Crippen molar-refractivity contribution in [2.75, 3.05) is 18.2 Å². The fourth-order valence-electron chi connectivity index (χ4n) is 2.16. The molecule has 0 aliphatic heterocycles. The lowest BCUT2D eigenvalue weighted by molar-refractivity contribution is 0.100. The molecule has 0 saturated heterocycles. The van der Waals surface area contributed by atoms with E-state index in [4.69, 9.17) is 16.2 Å². The summed E-state index contributed by atoms with van der Waals surface area (Å²) in [5, 5.41) is 6.26. The number of nitrogen functional groups attached to an aromatic ring is 1. The molecule has 0 aliphatic carbocycles. The minimum absolute atomic E-state index is 0. The molecule has 0 spiro atoms. The van der Waals surface area contributed by atoms with Crippen molar-refractivity contribution in [3.63, 3.8) is 0 Å². The van der Waals surface area contributed by atoms with Gasteiger partial charge in [-0.1, -0.05) is 11.3 Å². The van der Waals surface area contributed by atoms with Crippen LogP contribution in [0.5, 0.6) is 5.75 Å². The number of thiazole rings is 2. The van der Waals surface area contributed by atoms with Gasteiger partial charge in [-0.05, 0) is 25.1 Å². The Balaban J connectivity index is 0.00000225. The van der Waals surface area contributed by atoms with E-state index in [0.29, 0.717) is 27.3 Å². The topological polar surface area (TPSA) is 116 Å². The van der Waals surface area contributed by atoms with Gasteiger partial charge < -0.3 is 21.5 Å². The number of nitrogens with one attached hydrogen (secondary N) is 1. The number of nitrogens with two attached hydrogens (primary N) is 2. The largest absolute Gasteiger partial charge is 0.495 e. The molecule has 0 aliphatic rings. The Kier molecular flexibility index (Phi) is 5.98. The van der Waals surface area contributed by atoms with Gasteiger partial charge in [-0.15, -0.1) is 28.3 Å². The fourth-order valence-corrected chi connectivity index (χ4v) is 3.75. The minimum Gasteiger partial charge on any atom is -0.495 e. The second-order valence-electron chi connectivity index (χ2n) is 4.91. The number of methoxy groups -OCH3 is 1. The molecule has 2 aromatic heterocycles. The summed E-state index contributed by atoms with van der Waals surface area (Å²) in [6.07, 6.45) is 0. The molecule has 0 radical (unpaired) electrons. The molecule has 0 bridgehead atoms. The third-order valence-electron chi connectivity index (χ3n) is 3.28. The molecule has 0 unspecified atom stereocenters. The Morgan fingerprint density at radius 3 is 2.68 bits per heavy atom. The van der Waals surface area contributed by atoms with Crippen molar-refractivity contribution < 1.29 is 9.53 Å². The van der Waals surface area contributed by atoms with Crippen molar-refractivity contribution in [3.05, 3.63) is 34.8 Å². The molecule has 7 nitrogen and oxygen atoms in total. The number of carbonyl (C=O) groups excluding carboxylic acids is 1.